The zero-order valence-corrected chi connectivity index (χ0v) is 13.4. The molecule has 2 aromatic heterocycles. The number of fused-ring (bicyclic) bond motifs is 1. The van der Waals surface area contributed by atoms with Gasteiger partial charge < -0.3 is 25.4 Å². The first-order chi connectivity index (χ1) is 12.1. The highest BCUT2D eigenvalue weighted by Crippen LogP contribution is 2.33. The van der Waals surface area contributed by atoms with E-state index in [-0.39, 0.29) is 5.95 Å². The van der Waals surface area contributed by atoms with Gasteiger partial charge in [-0.15, -0.1) is 0 Å². The van der Waals surface area contributed by atoms with Crippen molar-refractivity contribution in [1.29, 1.82) is 0 Å². The molecule has 11 nitrogen and oxygen atoms in total. The van der Waals surface area contributed by atoms with Crippen LogP contribution in [0.15, 0.2) is 6.33 Å². The Labute approximate surface area is 142 Å². The lowest BCUT2D eigenvalue weighted by atomic mass is 10.1. The van der Waals surface area contributed by atoms with Crippen molar-refractivity contribution in [2.45, 2.75) is 37.4 Å². The molecular weight excluding hydrogens is 330 g/mol. The number of nitrogens with one attached hydrogen (secondary N) is 2. The number of hydrogen-bond donors (Lipinski definition) is 6. The van der Waals surface area contributed by atoms with E-state index in [0.29, 0.717) is 22.9 Å². The van der Waals surface area contributed by atoms with Gasteiger partial charge in [0.05, 0.1) is 12.9 Å². The van der Waals surface area contributed by atoms with E-state index in [2.05, 4.69) is 25.7 Å². The zero-order chi connectivity index (χ0) is 17.6. The van der Waals surface area contributed by atoms with E-state index in [4.69, 9.17) is 10.6 Å². The molecule has 1 saturated carbocycles. The van der Waals surface area contributed by atoms with Gasteiger partial charge in [-0.2, -0.15) is 9.97 Å². The molecule has 3 heterocycles. The van der Waals surface area contributed by atoms with Crippen molar-refractivity contribution in [3.05, 3.63) is 6.33 Å². The number of hydrogen-bond acceptors (Lipinski definition) is 10. The van der Waals surface area contributed by atoms with E-state index >= 15 is 0 Å². The Hall–Kier alpha value is -2.05. The van der Waals surface area contributed by atoms with Crippen molar-refractivity contribution < 1.29 is 20.1 Å². The number of aliphatic hydroxyl groups excluding tert-OH is 3. The van der Waals surface area contributed by atoms with Gasteiger partial charge in [0.2, 0.25) is 5.95 Å². The molecule has 1 aliphatic heterocycles. The van der Waals surface area contributed by atoms with Gasteiger partial charge >= 0.3 is 0 Å². The van der Waals surface area contributed by atoms with E-state index < -0.39 is 31.1 Å². The first-order valence-electron chi connectivity index (χ1n) is 8.20. The van der Waals surface area contributed by atoms with E-state index in [9.17, 15) is 15.3 Å². The van der Waals surface area contributed by atoms with Crippen LogP contribution in [-0.2, 0) is 4.74 Å². The van der Waals surface area contributed by atoms with Crippen molar-refractivity contribution in [2.75, 3.05) is 23.9 Å². The fraction of sp³-hybridized carbons (Fsp3) is 0.643. The highest BCUT2D eigenvalue weighted by molar-refractivity contribution is 5.84. The molecule has 0 amide bonds. The Bertz CT molecular complexity index is 765. The van der Waals surface area contributed by atoms with Crippen LogP contribution in [0.3, 0.4) is 0 Å². The fourth-order valence-electron chi connectivity index (χ4n) is 2.96. The van der Waals surface area contributed by atoms with Crippen molar-refractivity contribution in [2.24, 2.45) is 11.8 Å². The molecule has 2 aliphatic rings. The number of rotatable bonds is 6. The van der Waals surface area contributed by atoms with Crippen LogP contribution in [0, 0.1) is 5.92 Å². The molecule has 0 unspecified atom stereocenters. The maximum absolute atomic E-state index is 10.2. The third-order valence-corrected chi connectivity index (χ3v) is 4.60. The van der Waals surface area contributed by atoms with Crippen LogP contribution >= 0.6 is 0 Å². The van der Waals surface area contributed by atoms with Gasteiger partial charge in [0.15, 0.2) is 23.2 Å². The molecule has 136 valence electrons. The molecule has 2 fully saturated rings. The lowest BCUT2D eigenvalue weighted by molar-refractivity contribution is -0.0511. The maximum atomic E-state index is 10.2. The number of hydrazine groups is 1. The average molecular weight is 351 g/mol. The Morgan fingerprint density at radius 2 is 2.08 bits per heavy atom. The van der Waals surface area contributed by atoms with Crippen LogP contribution in [-0.4, -0.2) is 66.3 Å². The summed E-state index contributed by atoms with van der Waals surface area (Å²) in [5, 5.41) is 32.7. The molecule has 0 radical (unpaired) electrons. The zero-order valence-electron chi connectivity index (χ0n) is 13.4. The highest BCUT2D eigenvalue weighted by atomic mass is 16.6. The van der Waals surface area contributed by atoms with Crippen molar-refractivity contribution in [3.8, 4) is 0 Å². The second-order valence-corrected chi connectivity index (χ2v) is 6.42. The van der Waals surface area contributed by atoms with E-state index in [1.165, 1.54) is 23.7 Å². The van der Waals surface area contributed by atoms with Crippen molar-refractivity contribution >= 4 is 22.9 Å². The minimum absolute atomic E-state index is 0.194. The van der Waals surface area contributed by atoms with Crippen LogP contribution in [0.4, 0.5) is 11.8 Å². The van der Waals surface area contributed by atoms with Gasteiger partial charge in [-0.1, -0.05) is 0 Å². The number of nitrogens with two attached hydrogens (primary N) is 1. The molecule has 2 aromatic rings. The summed E-state index contributed by atoms with van der Waals surface area (Å²) in [6.07, 6.45) is -0.369. The van der Waals surface area contributed by atoms with Gasteiger partial charge in [-0.3, -0.25) is 9.99 Å². The molecule has 0 spiro atoms. The molecule has 1 saturated heterocycles. The Kier molecular flexibility index (Phi) is 4.17. The van der Waals surface area contributed by atoms with Crippen LogP contribution in [0.25, 0.3) is 11.2 Å². The minimum atomic E-state index is -1.22. The van der Waals surface area contributed by atoms with Gasteiger partial charge in [-0.25, -0.2) is 10.8 Å². The van der Waals surface area contributed by atoms with E-state index in [1.807, 2.05) is 0 Å². The molecule has 1 aliphatic carbocycles. The lowest BCUT2D eigenvalue weighted by Crippen LogP contribution is -2.33. The summed E-state index contributed by atoms with van der Waals surface area (Å²) in [6, 6.07) is 0. The van der Waals surface area contributed by atoms with Crippen LogP contribution in [0.1, 0.15) is 19.1 Å². The summed E-state index contributed by atoms with van der Waals surface area (Å²) < 4.78 is 7.05. The Morgan fingerprint density at radius 3 is 2.72 bits per heavy atom. The molecule has 4 atom stereocenters. The summed E-state index contributed by atoms with van der Waals surface area (Å²) in [4.78, 5) is 12.9. The second-order valence-electron chi connectivity index (χ2n) is 6.42. The minimum Gasteiger partial charge on any atom is -0.394 e. The maximum Gasteiger partial charge on any atom is 0.241 e. The highest BCUT2D eigenvalue weighted by Gasteiger charge is 2.44. The monoisotopic (exact) mass is 351 g/mol. The number of aromatic nitrogens is 4. The number of nitrogens with zero attached hydrogens (tertiary/aromatic N) is 4. The molecule has 4 rings (SSSR count). The fourth-order valence-corrected chi connectivity index (χ4v) is 2.96. The average Bonchev–Trinajstić information content (AvgIpc) is 3.30. The normalized spacial score (nSPS) is 29.3. The van der Waals surface area contributed by atoms with Crippen LogP contribution < -0.4 is 16.6 Å². The third kappa shape index (κ3) is 2.89. The summed E-state index contributed by atoms with van der Waals surface area (Å²) >= 11 is 0. The van der Waals surface area contributed by atoms with Gasteiger partial charge in [0.25, 0.3) is 0 Å². The SMILES string of the molecule is NNc1nc(NCC2CC2)c2ncn([C@@H]3O[C@H](CO)[C@H](O)[C@@H]3O)c2n1. The molecular formula is C14H21N7O4. The molecule has 25 heavy (non-hydrogen) atoms. The molecule has 0 bridgehead atoms. The summed E-state index contributed by atoms with van der Waals surface area (Å²) in [5.41, 5.74) is 3.32. The first-order valence-corrected chi connectivity index (χ1v) is 8.20. The molecule has 11 heteroatoms. The molecule has 7 N–H and O–H groups in total. The molecule has 0 aromatic carbocycles. The largest absolute Gasteiger partial charge is 0.394 e. The van der Waals surface area contributed by atoms with Crippen LogP contribution in [0.5, 0.6) is 0 Å². The summed E-state index contributed by atoms with van der Waals surface area (Å²) in [6.45, 7) is 0.386. The number of anilines is 2. The quantitative estimate of drug-likeness (QED) is 0.268. The predicted molar refractivity (Wildman–Crippen MR) is 87.4 cm³/mol. The van der Waals surface area contributed by atoms with Gasteiger partial charge in [0, 0.05) is 6.54 Å². The number of aliphatic hydroxyl groups is 3. The van der Waals surface area contributed by atoms with Crippen LogP contribution in [0.2, 0.25) is 0 Å². The van der Waals surface area contributed by atoms with E-state index in [0.717, 1.165) is 6.54 Å². The van der Waals surface area contributed by atoms with Gasteiger partial charge in [0.1, 0.15) is 18.3 Å². The van der Waals surface area contributed by atoms with Crippen molar-refractivity contribution in [3.63, 3.8) is 0 Å². The van der Waals surface area contributed by atoms with E-state index in [1.54, 1.807) is 0 Å². The number of nitrogen functional groups attached to an aromatic ring is 1. The topological polar surface area (TPSA) is 164 Å². The summed E-state index contributed by atoms with van der Waals surface area (Å²) in [5.74, 6) is 6.83. The smallest absolute Gasteiger partial charge is 0.241 e. The van der Waals surface area contributed by atoms with Gasteiger partial charge in [-0.05, 0) is 18.8 Å². The van der Waals surface area contributed by atoms with Crippen molar-refractivity contribution in [1.82, 2.24) is 19.5 Å². The Balaban J connectivity index is 1.71. The number of imidazole rings is 1. The second kappa shape index (κ2) is 6.35. The Morgan fingerprint density at radius 1 is 1.28 bits per heavy atom. The standard InChI is InChI=1S/C14H21N7O4/c15-20-14-18-11(16-3-6-1-2-6)8-12(19-14)21(5-17-8)13-10(24)9(23)7(4-22)25-13/h5-7,9-10,13,22-24H,1-4,15H2,(H2,16,18,19,20)/t7-,9+,10+,13-/m1/s1. The number of ether oxygens (including phenoxy) is 1. The predicted octanol–water partition coefficient (Wildman–Crippen LogP) is -1.45. The first kappa shape index (κ1) is 16.4. The third-order valence-electron chi connectivity index (χ3n) is 4.60. The lowest BCUT2D eigenvalue weighted by Gasteiger charge is -2.17. The summed E-state index contributed by atoms with van der Waals surface area (Å²) in [7, 11) is 0.